The third-order valence-corrected chi connectivity index (χ3v) is 6.48. The first-order valence-corrected chi connectivity index (χ1v) is 9.05. The van der Waals surface area contributed by atoms with E-state index in [-0.39, 0.29) is 16.7 Å². The molecule has 4 fully saturated rings. The summed E-state index contributed by atoms with van der Waals surface area (Å²) in [6.45, 7) is 2.01. The number of hydrazone groups is 1. The molecule has 6 heteroatoms. The molecule has 5 rings (SSSR count). The standard InChI is InChI=1S/C19H23N3O3/c1-12(19-9-13-6-14(10-19)8-15(7-13)11-19)20-21-18(23)16-4-2-3-5-17(16)22(24)25/h2-5,13-15H,6-11H2,1H3,(H,21,23)/b20-12+. The molecule has 0 unspecified atom stereocenters. The van der Waals surface area contributed by atoms with E-state index in [2.05, 4.69) is 10.5 Å². The molecule has 132 valence electrons. The molecule has 4 bridgehead atoms. The minimum atomic E-state index is -0.537. The van der Waals surface area contributed by atoms with Gasteiger partial charge >= 0.3 is 0 Å². The van der Waals surface area contributed by atoms with Crippen molar-refractivity contribution in [1.29, 1.82) is 0 Å². The van der Waals surface area contributed by atoms with Crippen molar-refractivity contribution < 1.29 is 9.72 Å². The van der Waals surface area contributed by atoms with Crippen molar-refractivity contribution >= 4 is 17.3 Å². The number of nitro groups is 1. The van der Waals surface area contributed by atoms with Gasteiger partial charge in [-0.3, -0.25) is 14.9 Å². The summed E-state index contributed by atoms with van der Waals surface area (Å²) >= 11 is 0. The molecule has 1 N–H and O–H groups in total. The summed E-state index contributed by atoms with van der Waals surface area (Å²) in [4.78, 5) is 22.9. The number of hydrogen-bond acceptors (Lipinski definition) is 4. The number of para-hydroxylation sites is 1. The minimum Gasteiger partial charge on any atom is -0.267 e. The number of nitrogens with zero attached hydrogens (tertiary/aromatic N) is 2. The molecule has 0 heterocycles. The van der Waals surface area contributed by atoms with Crippen LogP contribution in [-0.2, 0) is 0 Å². The van der Waals surface area contributed by atoms with E-state index in [0.29, 0.717) is 0 Å². The Morgan fingerprint density at radius 3 is 2.28 bits per heavy atom. The van der Waals surface area contributed by atoms with Gasteiger partial charge < -0.3 is 0 Å². The molecule has 0 spiro atoms. The van der Waals surface area contributed by atoms with Crippen molar-refractivity contribution in [2.24, 2.45) is 28.3 Å². The summed E-state index contributed by atoms with van der Waals surface area (Å²) in [5, 5.41) is 15.5. The van der Waals surface area contributed by atoms with Crippen LogP contribution in [0.5, 0.6) is 0 Å². The predicted octanol–water partition coefficient (Wildman–Crippen LogP) is 3.92. The number of rotatable bonds is 4. The molecule has 0 aromatic heterocycles. The lowest BCUT2D eigenvalue weighted by atomic mass is 9.48. The van der Waals surface area contributed by atoms with Crippen LogP contribution in [0.2, 0.25) is 0 Å². The lowest BCUT2D eigenvalue weighted by Crippen LogP contribution is -2.49. The highest BCUT2D eigenvalue weighted by atomic mass is 16.6. The van der Waals surface area contributed by atoms with Gasteiger partial charge in [0.15, 0.2) is 0 Å². The van der Waals surface area contributed by atoms with Crippen LogP contribution in [0.25, 0.3) is 0 Å². The Hall–Kier alpha value is -2.24. The maximum absolute atomic E-state index is 12.4. The molecule has 0 aliphatic heterocycles. The highest BCUT2D eigenvalue weighted by Gasteiger charge is 2.52. The van der Waals surface area contributed by atoms with Crippen LogP contribution in [0.15, 0.2) is 29.4 Å². The van der Waals surface area contributed by atoms with Crippen LogP contribution >= 0.6 is 0 Å². The zero-order valence-electron chi connectivity index (χ0n) is 14.4. The van der Waals surface area contributed by atoms with Gasteiger partial charge in [-0.25, -0.2) is 5.43 Å². The summed E-state index contributed by atoms with van der Waals surface area (Å²) in [7, 11) is 0. The number of carbonyl (C=O) groups is 1. The summed E-state index contributed by atoms with van der Waals surface area (Å²) < 4.78 is 0. The van der Waals surface area contributed by atoms with Gasteiger partial charge in [-0.2, -0.15) is 5.10 Å². The van der Waals surface area contributed by atoms with Crippen LogP contribution in [-0.4, -0.2) is 16.5 Å². The van der Waals surface area contributed by atoms with Gasteiger partial charge in [0.2, 0.25) is 0 Å². The fraction of sp³-hybridized carbons (Fsp3) is 0.579. The van der Waals surface area contributed by atoms with Gasteiger partial charge in [-0.05, 0) is 69.3 Å². The lowest BCUT2D eigenvalue weighted by molar-refractivity contribution is -0.385. The molecule has 6 nitrogen and oxygen atoms in total. The zero-order chi connectivity index (χ0) is 17.6. The molecular weight excluding hydrogens is 318 g/mol. The summed E-state index contributed by atoms with van der Waals surface area (Å²) in [6.07, 6.45) is 7.60. The van der Waals surface area contributed by atoms with Crippen molar-refractivity contribution in [3.05, 3.63) is 39.9 Å². The average molecular weight is 341 g/mol. The maximum atomic E-state index is 12.4. The molecule has 1 aromatic rings. The third kappa shape index (κ3) is 2.83. The van der Waals surface area contributed by atoms with Gasteiger partial charge in [0, 0.05) is 17.2 Å². The molecule has 4 aliphatic rings. The molecule has 4 saturated carbocycles. The smallest absolute Gasteiger partial charge is 0.267 e. The topological polar surface area (TPSA) is 84.6 Å². The van der Waals surface area contributed by atoms with Crippen LogP contribution in [0.1, 0.15) is 55.8 Å². The Bertz CT molecular complexity index is 721. The van der Waals surface area contributed by atoms with Crippen molar-refractivity contribution in [1.82, 2.24) is 5.43 Å². The average Bonchev–Trinajstić information content (AvgIpc) is 2.58. The van der Waals surface area contributed by atoms with Gasteiger partial charge in [0.05, 0.1) is 4.92 Å². The molecule has 4 aliphatic carbocycles. The number of benzene rings is 1. The van der Waals surface area contributed by atoms with Gasteiger partial charge in [0.25, 0.3) is 11.6 Å². The van der Waals surface area contributed by atoms with E-state index in [9.17, 15) is 14.9 Å². The number of nitro benzene ring substituents is 1. The normalized spacial score (nSPS) is 33.3. The van der Waals surface area contributed by atoms with E-state index < -0.39 is 10.8 Å². The number of amides is 1. The van der Waals surface area contributed by atoms with Crippen molar-refractivity contribution in [2.45, 2.75) is 45.4 Å². The van der Waals surface area contributed by atoms with E-state index in [1.54, 1.807) is 12.1 Å². The minimum absolute atomic E-state index is 0.0505. The lowest BCUT2D eigenvalue weighted by Gasteiger charge is -2.56. The number of nitrogens with one attached hydrogen (secondary N) is 1. The molecule has 0 radical (unpaired) electrons. The first-order chi connectivity index (χ1) is 12.0. The Balaban J connectivity index is 1.52. The first kappa shape index (κ1) is 16.2. The van der Waals surface area contributed by atoms with Crippen molar-refractivity contribution in [3.8, 4) is 0 Å². The predicted molar refractivity (Wildman–Crippen MR) is 94.3 cm³/mol. The zero-order valence-corrected chi connectivity index (χ0v) is 14.4. The van der Waals surface area contributed by atoms with E-state index in [0.717, 1.165) is 23.5 Å². The van der Waals surface area contributed by atoms with Gasteiger partial charge in [0.1, 0.15) is 5.56 Å². The van der Waals surface area contributed by atoms with E-state index >= 15 is 0 Å². The third-order valence-electron chi connectivity index (χ3n) is 6.48. The van der Waals surface area contributed by atoms with Crippen LogP contribution in [0.3, 0.4) is 0 Å². The summed E-state index contributed by atoms with van der Waals surface area (Å²) in [5.41, 5.74) is 3.54. The fourth-order valence-electron chi connectivity index (χ4n) is 5.69. The quantitative estimate of drug-likeness (QED) is 0.512. The molecule has 1 amide bonds. The van der Waals surface area contributed by atoms with Crippen molar-refractivity contribution in [2.75, 3.05) is 0 Å². The monoisotopic (exact) mass is 341 g/mol. The Morgan fingerprint density at radius 1 is 1.16 bits per heavy atom. The molecule has 25 heavy (non-hydrogen) atoms. The Labute approximate surface area is 146 Å². The second-order valence-corrected chi connectivity index (χ2v) is 8.11. The largest absolute Gasteiger partial charge is 0.282 e. The first-order valence-electron chi connectivity index (χ1n) is 9.05. The molecular formula is C19H23N3O3. The second kappa shape index (κ2) is 5.93. The highest BCUT2D eigenvalue weighted by molar-refractivity contribution is 5.99. The van der Waals surface area contributed by atoms with Crippen LogP contribution < -0.4 is 5.43 Å². The van der Waals surface area contributed by atoms with Gasteiger partial charge in [-0.1, -0.05) is 12.1 Å². The van der Waals surface area contributed by atoms with E-state index in [4.69, 9.17) is 0 Å². The number of hydrogen-bond donors (Lipinski definition) is 1. The fourth-order valence-corrected chi connectivity index (χ4v) is 5.69. The summed E-state index contributed by atoms with van der Waals surface area (Å²) in [6, 6.07) is 5.98. The maximum Gasteiger partial charge on any atom is 0.282 e. The molecule has 0 saturated heterocycles. The Morgan fingerprint density at radius 2 is 1.72 bits per heavy atom. The molecule has 0 atom stereocenters. The number of carbonyl (C=O) groups excluding carboxylic acids is 1. The van der Waals surface area contributed by atoms with Crippen molar-refractivity contribution in [3.63, 3.8) is 0 Å². The van der Waals surface area contributed by atoms with Crippen LogP contribution in [0, 0.1) is 33.3 Å². The summed E-state index contributed by atoms with van der Waals surface area (Å²) in [5.74, 6) is 1.91. The van der Waals surface area contributed by atoms with Crippen LogP contribution in [0.4, 0.5) is 5.69 Å². The highest BCUT2D eigenvalue weighted by Crippen LogP contribution is 2.60. The van der Waals surface area contributed by atoms with Gasteiger partial charge in [-0.15, -0.1) is 0 Å². The second-order valence-electron chi connectivity index (χ2n) is 8.11. The SMILES string of the molecule is C/C(=N\NC(=O)c1ccccc1[N+](=O)[O-])C12CC3CC(CC(C3)C1)C2. The Kier molecular flexibility index (Phi) is 3.85. The molecule has 1 aromatic carbocycles. The van der Waals surface area contributed by atoms with E-state index in [1.165, 1.54) is 50.7 Å². The van der Waals surface area contributed by atoms with E-state index in [1.807, 2.05) is 6.92 Å².